The summed E-state index contributed by atoms with van der Waals surface area (Å²) in [5.74, 6) is 0.720. The van der Waals surface area contributed by atoms with Crippen molar-refractivity contribution in [2.24, 2.45) is 0 Å². The second-order valence-corrected chi connectivity index (χ2v) is 6.33. The molecule has 0 spiro atoms. The number of amides is 1. The molecule has 9 nitrogen and oxygen atoms in total. The van der Waals surface area contributed by atoms with Crippen LogP contribution in [0.25, 0.3) is 17.5 Å². The predicted molar refractivity (Wildman–Crippen MR) is 113 cm³/mol. The number of hydrazine groups is 1. The lowest BCUT2D eigenvalue weighted by molar-refractivity contribution is -0.116. The lowest BCUT2D eigenvalue weighted by Gasteiger charge is -2.06. The number of hydrogen-bond acceptors (Lipinski definition) is 8. The smallest absolute Gasteiger partial charge is 0.340 e. The first-order valence-electron chi connectivity index (χ1n) is 9.36. The highest BCUT2D eigenvalue weighted by atomic mass is 16.5. The van der Waals surface area contributed by atoms with Gasteiger partial charge in [0.05, 0.1) is 0 Å². The van der Waals surface area contributed by atoms with Crippen molar-refractivity contribution in [1.29, 1.82) is 0 Å². The van der Waals surface area contributed by atoms with Gasteiger partial charge in [0.15, 0.2) is 0 Å². The van der Waals surface area contributed by atoms with Crippen LogP contribution in [0.1, 0.15) is 11.1 Å². The van der Waals surface area contributed by atoms with Crippen molar-refractivity contribution < 1.29 is 14.1 Å². The number of aromatic nitrogens is 4. The Kier molecular flexibility index (Phi) is 6.24. The van der Waals surface area contributed by atoms with E-state index in [9.17, 15) is 4.79 Å². The zero-order valence-electron chi connectivity index (χ0n) is 16.3. The summed E-state index contributed by atoms with van der Waals surface area (Å²) in [6.45, 7) is 0.440. The van der Waals surface area contributed by atoms with E-state index >= 15 is 0 Å². The zero-order valence-corrected chi connectivity index (χ0v) is 16.3. The van der Waals surface area contributed by atoms with Crippen molar-refractivity contribution in [3.63, 3.8) is 0 Å². The van der Waals surface area contributed by atoms with Crippen LogP contribution in [0.2, 0.25) is 0 Å². The third-order valence-corrected chi connectivity index (χ3v) is 4.07. The molecule has 0 unspecified atom stereocenters. The third-order valence-electron chi connectivity index (χ3n) is 4.07. The van der Waals surface area contributed by atoms with Gasteiger partial charge in [0, 0.05) is 42.0 Å². The molecule has 154 valence electrons. The van der Waals surface area contributed by atoms with Gasteiger partial charge in [-0.3, -0.25) is 20.2 Å². The molecule has 4 rings (SSSR count). The Morgan fingerprint density at radius 3 is 2.58 bits per heavy atom. The molecule has 1 amide bonds. The normalized spacial score (nSPS) is 10.7. The van der Waals surface area contributed by atoms with Crippen LogP contribution in [0.4, 0.5) is 6.01 Å². The monoisotopic (exact) mass is 414 g/mol. The van der Waals surface area contributed by atoms with Gasteiger partial charge in [-0.05, 0) is 42.0 Å². The van der Waals surface area contributed by atoms with E-state index in [4.69, 9.17) is 9.26 Å². The minimum absolute atomic E-state index is 0.0655. The van der Waals surface area contributed by atoms with E-state index in [2.05, 4.69) is 31.0 Å². The maximum Gasteiger partial charge on any atom is 0.340 e. The van der Waals surface area contributed by atoms with E-state index in [1.807, 2.05) is 36.4 Å². The van der Waals surface area contributed by atoms with E-state index in [1.165, 1.54) is 6.08 Å². The molecule has 0 bridgehead atoms. The zero-order chi connectivity index (χ0) is 21.3. The number of ether oxygens (including phenoxy) is 1. The highest BCUT2D eigenvalue weighted by Gasteiger charge is 2.08. The Morgan fingerprint density at radius 2 is 1.84 bits per heavy atom. The molecule has 3 aromatic heterocycles. The molecule has 31 heavy (non-hydrogen) atoms. The van der Waals surface area contributed by atoms with E-state index in [0.717, 1.165) is 16.9 Å². The van der Waals surface area contributed by atoms with Crippen molar-refractivity contribution in [2.45, 2.75) is 6.61 Å². The van der Waals surface area contributed by atoms with Crippen molar-refractivity contribution >= 4 is 18.0 Å². The van der Waals surface area contributed by atoms with Crippen molar-refractivity contribution in [2.75, 3.05) is 5.43 Å². The van der Waals surface area contributed by atoms with Crippen LogP contribution in [0.3, 0.4) is 0 Å². The van der Waals surface area contributed by atoms with Gasteiger partial charge in [-0.15, -0.1) is 0 Å². The quantitative estimate of drug-likeness (QED) is 0.333. The second kappa shape index (κ2) is 9.79. The molecule has 0 aliphatic heterocycles. The van der Waals surface area contributed by atoms with Gasteiger partial charge in [0.25, 0.3) is 5.91 Å². The van der Waals surface area contributed by atoms with Gasteiger partial charge in [-0.1, -0.05) is 23.4 Å². The first-order valence-corrected chi connectivity index (χ1v) is 9.36. The maximum atomic E-state index is 12.0. The summed E-state index contributed by atoms with van der Waals surface area (Å²) in [5.41, 5.74) is 7.59. The van der Waals surface area contributed by atoms with Crippen molar-refractivity contribution in [3.8, 4) is 17.1 Å². The molecule has 0 saturated heterocycles. The van der Waals surface area contributed by atoms with Crippen LogP contribution >= 0.6 is 0 Å². The van der Waals surface area contributed by atoms with Crippen LogP contribution in [0, 0.1) is 0 Å². The van der Waals surface area contributed by atoms with Gasteiger partial charge in [0.2, 0.25) is 5.82 Å². The first kappa shape index (κ1) is 19.8. The van der Waals surface area contributed by atoms with Gasteiger partial charge >= 0.3 is 6.01 Å². The van der Waals surface area contributed by atoms with Gasteiger partial charge in [0.1, 0.15) is 12.4 Å². The SMILES string of the molecule is O=C(/C=C/c1ccc(OCc2cccnc2)cc1)NNc1nc(-c2cccnc2)no1. The molecule has 0 radical (unpaired) electrons. The summed E-state index contributed by atoms with van der Waals surface area (Å²) in [4.78, 5) is 24.2. The summed E-state index contributed by atoms with van der Waals surface area (Å²) in [6.07, 6.45) is 9.81. The molecule has 4 aromatic rings. The molecule has 9 heteroatoms. The number of hydrogen-bond donors (Lipinski definition) is 2. The Balaban J connectivity index is 1.25. The number of carbonyl (C=O) groups excluding carboxylic acids is 1. The van der Waals surface area contributed by atoms with E-state index in [-0.39, 0.29) is 11.9 Å². The summed E-state index contributed by atoms with van der Waals surface area (Å²) in [6, 6.07) is 14.8. The third kappa shape index (κ3) is 5.73. The fourth-order valence-electron chi connectivity index (χ4n) is 2.54. The maximum absolute atomic E-state index is 12.0. The Labute approximate surface area is 177 Å². The Bertz CT molecular complexity index is 1140. The van der Waals surface area contributed by atoms with Gasteiger partial charge in [-0.2, -0.15) is 4.98 Å². The molecule has 1 aromatic carbocycles. The molecular formula is C22H18N6O3. The van der Waals surface area contributed by atoms with E-state index < -0.39 is 0 Å². The fraction of sp³-hybridized carbons (Fsp3) is 0.0455. The van der Waals surface area contributed by atoms with Gasteiger partial charge < -0.3 is 9.26 Å². The average molecular weight is 414 g/mol. The van der Waals surface area contributed by atoms with Crippen LogP contribution in [-0.4, -0.2) is 26.0 Å². The largest absolute Gasteiger partial charge is 0.489 e. The Morgan fingerprint density at radius 1 is 1.03 bits per heavy atom. The second-order valence-electron chi connectivity index (χ2n) is 6.33. The number of nitrogens with one attached hydrogen (secondary N) is 2. The highest BCUT2D eigenvalue weighted by Crippen LogP contribution is 2.16. The summed E-state index contributed by atoms with van der Waals surface area (Å²) in [5, 5.41) is 3.83. The number of nitrogens with zero attached hydrogens (tertiary/aromatic N) is 4. The van der Waals surface area contributed by atoms with E-state index in [1.54, 1.807) is 43.0 Å². The van der Waals surface area contributed by atoms with Crippen molar-refractivity contribution in [1.82, 2.24) is 25.5 Å². The number of rotatable bonds is 8. The molecule has 3 heterocycles. The van der Waals surface area contributed by atoms with Crippen LogP contribution in [0.5, 0.6) is 5.75 Å². The summed E-state index contributed by atoms with van der Waals surface area (Å²) >= 11 is 0. The van der Waals surface area contributed by atoms with Gasteiger partial charge in [-0.25, -0.2) is 5.43 Å². The van der Waals surface area contributed by atoms with Crippen molar-refractivity contribution in [3.05, 3.63) is 90.5 Å². The summed E-state index contributed by atoms with van der Waals surface area (Å²) < 4.78 is 10.8. The van der Waals surface area contributed by atoms with E-state index in [0.29, 0.717) is 18.0 Å². The molecule has 0 aliphatic carbocycles. The number of pyridine rings is 2. The molecular weight excluding hydrogens is 396 g/mol. The Hall–Kier alpha value is -4.53. The molecule has 0 fully saturated rings. The minimum atomic E-state index is -0.377. The van der Waals surface area contributed by atoms with Crippen LogP contribution < -0.4 is 15.6 Å². The molecule has 0 saturated carbocycles. The standard InChI is InChI=1S/C22H18N6O3/c29-20(26-27-22-25-21(28-31-22)18-4-2-12-24-14-18)10-7-16-5-8-19(9-6-16)30-15-17-3-1-11-23-13-17/h1-14H,15H2,(H,26,29)(H,25,27,28)/b10-7+. The minimum Gasteiger partial charge on any atom is -0.489 e. The van der Waals surface area contributed by atoms with Crippen LogP contribution in [0.15, 0.2) is 83.9 Å². The number of carbonyl (C=O) groups is 1. The number of anilines is 1. The highest BCUT2D eigenvalue weighted by molar-refractivity contribution is 5.92. The topological polar surface area (TPSA) is 115 Å². The van der Waals surface area contributed by atoms with Crippen LogP contribution in [-0.2, 0) is 11.4 Å². The lowest BCUT2D eigenvalue weighted by atomic mass is 10.2. The average Bonchev–Trinajstić information content (AvgIpc) is 3.31. The molecule has 0 atom stereocenters. The lowest BCUT2D eigenvalue weighted by Crippen LogP contribution is -2.27. The first-order chi connectivity index (χ1) is 15.3. The molecule has 2 N–H and O–H groups in total. The predicted octanol–water partition coefficient (Wildman–Crippen LogP) is 3.26. The fourth-order valence-corrected chi connectivity index (χ4v) is 2.54. The summed E-state index contributed by atoms with van der Waals surface area (Å²) in [7, 11) is 0. The number of benzene rings is 1. The molecule has 0 aliphatic rings.